The van der Waals surface area contributed by atoms with E-state index in [4.69, 9.17) is 0 Å². The van der Waals surface area contributed by atoms with E-state index in [1.54, 1.807) is 0 Å². The molecule has 1 heteroatoms. The number of para-hydroxylation sites is 1. The number of fused-ring (bicyclic) bond motifs is 15. The zero-order chi connectivity index (χ0) is 39.3. The lowest BCUT2D eigenvalue weighted by Crippen LogP contribution is -2.29. The topological polar surface area (TPSA) is 3.24 Å². The van der Waals surface area contributed by atoms with Gasteiger partial charge in [-0.25, -0.2) is 0 Å². The summed E-state index contributed by atoms with van der Waals surface area (Å²) < 4.78 is 0. The average molecular weight is 752 g/mol. The van der Waals surface area contributed by atoms with Crippen LogP contribution in [0, 0.1) is 0 Å². The highest BCUT2D eigenvalue weighted by atomic mass is 15.1. The third kappa shape index (κ3) is 4.67. The Bertz CT molecular complexity index is 3070. The van der Waals surface area contributed by atoms with Gasteiger partial charge in [0.2, 0.25) is 0 Å². The second-order valence-electron chi connectivity index (χ2n) is 16.8. The maximum atomic E-state index is 2.41. The molecule has 0 radical (unpaired) electrons. The predicted octanol–water partition coefficient (Wildman–Crippen LogP) is 15.1. The summed E-state index contributed by atoms with van der Waals surface area (Å²) in [6.45, 7) is 4.71. The van der Waals surface area contributed by atoms with Gasteiger partial charge in [-0.1, -0.05) is 190 Å². The average Bonchev–Trinajstić information content (AvgIpc) is 3.68. The molecular weight excluding hydrogens is 711 g/mol. The Morgan fingerprint density at radius 1 is 0.288 bits per heavy atom. The normalized spacial score (nSPS) is 14.2. The lowest BCUT2D eigenvalue weighted by Gasteiger charge is -2.35. The van der Waals surface area contributed by atoms with Crippen molar-refractivity contribution in [1.29, 1.82) is 0 Å². The summed E-state index contributed by atoms with van der Waals surface area (Å²) in [5.74, 6) is 0. The maximum Gasteiger partial charge on any atom is 0.0725 e. The van der Waals surface area contributed by atoms with Gasteiger partial charge in [0.1, 0.15) is 0 Å². The number of benzene rings is 9. The molecule has 0 aromatic heterocycles. The van der Waals surface area contributed by atoms with Crippen LogP contribution in [0.15, 0.2) is 212 Å². The Morgan fingerprint density at radius 3 is 1.34 bits per heavy atom. The smallest absolute Gasteiger partial charge is 0.0725 e. The van der Waals surface area contributed by atoms with Crippen molar-refractivity contribution < 1.29 is 0 Å². The Hall–Kier alpha value is -7.22. The van der Waals surface area contributed by atoms with E-state index in [0.29, 0.717) is 0 Å². The van der Waals surface area contributed by atoms with Crippen LogP contribution >= 0.6 is 0 Å². The van der Waals surface area contributed by atoms with E-state index < -0.39 is 5.41 Å². The molecule has 3 aliphatic carbocycles. The molecule has 1 spiro atoms. The number of hydrogen-bond acceptors (Lipinski definition) is 1. The van der Waals surface area contributed by atoms with Crippen LogP contribution in [0.25, 0.3) is 55.6 Å². The first kappa shape index (κ1) is 33.9. The molecule has 9 aromatic carbocycles. The number of hydrogen-bond donors (Lipinski definition) is 0. The van der Waals surface area contributed by atoms with Gasteiger partial charge in [0.25, 0.3) is 0 Å². The molecule has 0 atom stereocenters. The molecule has 0 aliphatic heterocycles. The predicted molar refractivity (Wildman–Crippen MR) is 246 cm³/mol. The number of nitrogens with zero attached hydrogens (tertiary/aromatic N) is 1. The molecule has 59 heavy (non-hydrogen) atoms. The summed E-state index contributed by atoms with van der Waals surface area (Å²) >= 11 is 0. The minimum Gasteiger partial charge on any atom is -0.310 e. The van der Waals surface area contributed by atoms with Crippen LogP contribution in [0.2, 0.25) is 0 Å². The molecule has 0 unspecified atom stereocenters. The molecule has 0 heterocycles. The maximum absolute atomic E-state index is 2.41. The third-order valence-corrected chi connectivity index (χ3v) is 13.5. The molecule has 0 saturated heterocycles. The lowest BCUT2D eigenvalue weighted by molar-refractivity contribution is 0.660. The van der Waals surface area contributed by atoms with Crippen molar-refractivity contribution in [3.63, 3.8) is 0 Å². The minimum atomic E-state index is -0.501. The van der Waals surface area contributed by atoms with Crippen molar-refractivity contribution in [1.82, 2.24) is 0 Å². The SMILES string of the molecule is CC1(C)c2ccccc2-c2ccc(N(c3ccccc3)c3ccc(-c4cccc5c4-c4ccccc4C54c5ccccc5-c5ccccc5-c5ccccc54)cc3)cc21. The van der Waals surface area contributed by atoms with E-state index in [1.165, 1.54) is 89.0 Å². The van der Waals surface area contributed by atoms with Crippen LogP contribution in [0.3, 0.4) is 0 Å². The fourth-order valence-electron chi connectivity index (χ4n) is 11.0. The van der Waals surface area contributed by atoms with Crippen molar-refractivity contribution in [3.8, 4) is 55.6 Å². The first-order valence-corrected chi connectivity index (χ1v) is 20.8. The third-order valence-electron chi connectivity index (χ3n) is 13.5. The van der Waals surface area contributed by atoms with E-state index in [2.05, 4.69) is 231 Å². The van der Waals surface area contributed by atoms with Gasteiger partial charge in [0.15, 0.2) is 0 Å². The molecule has 12 rings (SSSR count). The number of anilines is 3. The van der Waals surface area contributed by atoms with Gasteiger partial charge in [-0.2, -0.15) is 0 Å². The first-order valence-electron chi connectivity index (χ1n) is 20.8. The van der Waals surface area contributed by atoms with Crippen molar-refractivity contribution in [2.24, 2.45) is 0 Å². The Kier molecular flexibility index (Phi) is 7.26. The van der Waals surface area contributed by atoms with Crippen LogP contribution in [-0.2, 0) is 10.8 Å². The summed E-state index contributed by atoms with van der Waals surface area (Å²) in [4.78, 5) is 2.40. The molecule has 1 nitrogen and oxygen atoms in total. The molecular formula is C58H41N. The Balaban J connectivity index is 1.04. The first-order chi connectivity index (χ1) is 29.0. The molecule has 0 N–H and O–H groups in total. The van der Waals surface area contributed by atoms with Gasteiger partial charge in [0, 0.05) is 22.5 Å². The highest BCUT2D eigenvalue weighted by Crippen LogP contribution is 2.63. The van der Waals surface area contributed by atoms with Crippen molar-refractivity contribution >= 4 is 17.1 Å². The monoisotopic (exact) mass is 751 g/mol. The quantitative estimate of drug-likeness (QED) is 0.173. The van der Waals surface area contributed by atoms with E-state index in [9.17, 15) is 0 Å². The largest absolute Gasteiger partial charge is 0.310 e. The second-order valence-corrected chi connectivity index (χ2v) is 16.8. The highest BCUT2D eigenvalue weighted by Gasteiger charge is 2.50. The van der Waals surface area contributed by atoms with Gasteiger partial charge in [-0.05, 0) is 125 Å². The summed E-state index contributed by atoms with van der Waals surface area (Å²) in [5, 5.41) is 0. The van der Waals surface area contributed by atoms with E-state index in [0.717, 1.165) is 17.1 Å². The highest BCUT2D eigenvalue weighted by molar-refractivity contribution is 6.01. The van der Waals surface area contributed by atoms with Crippen molar-refractivity contribution in [2.45, 2.75) is 24.7 Å². The van der Waals surface area contributed by atoms with Gasteiger partial charge >= 0.3 is 0 Å². The molecule has 278 valence electrons. The lowest BCUT2D eigenvalue weighted by atomic mass is 9.66. The molecule has 9 aromatic rings. The summed E-state index contributed by atoms with van der Waals surface area (Å²) in [5.41, 5.74) is 23.8. The summed E-state index contributed by atoms with van der Waals surface area (Å²) in [6, 6.07) is 79.3. The second kappa shape index (κ2) is 12.6. The van der Waals surface area contributed by atoms with Crippen molar-refractivity contribution in [3.05, 3.63) is 246 Å². The molecule has 0 saturated carbocycles. The van der Waals surface area contributed by atoms with Crippen LogP contribution in [0.4, 0.5) is 17.1 Å². The summed E-state index contributed by atoms with van der Waals surface area (Å²) in [7, 11) is 0. The molecule has 0 bridgehead atoms. The van der Waals surface area contributed by atoms with Gasteiger partial charge in [-0.15, -0.1) is 0 Å². The molecule has 0 fully saturated rings. The zero-order valence-corrected chi connectivity index (χ0v) is 33.2. The summed E-state index contributed by atoms with van der Waals surface area (Å²) in [6.07, 6.45) is 0. The van der Waals surface area contributed by atoms with Gasteiger partial charge in [0.05, 0.1) is 5.41 Å². The van der Waals surface area contributed by atoms with Crippen LogP contribution in [-0.4, -0.2) is 0 Å². The Labute approximate surface area is 346 Å². The van der Waals surface area contributed by atoms with E-state index in [1.807, 2.05) is 0 Å². The molecule has 0 amide bonds. The van der Waals surface area contributed by atoms with Crippen LogP contribution in [0.5, 0.6) is 0 Å². The van der Waals surface area contributed by atoms with Gasteiger partial charge < -0.3 is 4.90 Å². The fraction of sp³-hybridized carbons (Fsp3) is 0.0690. The van der Waals surface area contributed by atoms with E-state index in [-0.39, 0.29) is 5.41 Å². The van der Waals surface area contributed by atoms with Crippen LogP contribution in [0.1, 0.15) is 47.2 Å². The standard InChI is InChI=1S/C58H41N/c1-57(2)50-26-12-8-23-47(50)48-36-35-41(37-55(48)57)59(39-17-4-3-5-18-39)40-33-31-38(32-34-40)42-25-16-30-54-56(42)49-24-11-15-29-53(49)58(54)51-27-13-9-21-45(51)43-19-6-7-20-44(43)46-22-10-14-28-52(46)58/h3-37H,1-2H3. The minimum absolute atomic E-state index is 0.0866. The Morgan fingerprint density at radius 2 is 0.712 bits per heavy atom. The number of rotatable bonds is 4. The molecule has 3 aliphatic rings. The van der Waals surface area contributed by atoms with Crippen molar-refractivity contribution in [2.75, 3.05) is 4.90 Å². The zero-order valence-electron chi connectivity index (χ0n) is 33.2. The fourth-order valence-corrected chi connectivity index (χ4v) is 11.0. The van der Waals surface area contributed by atoms with E-state index >= 15 is 0 Å². The van der Waals surface area contributed by atoms with Gasteiger partial charge in [-0.3, -0.25) is 0 Å². The van der Waals surface area contributed by atoms with Crippen LogP contribution < -0.4 is 4.90 Å².